The number of hydrogen-bond acceptors (Lipinski definition) is 4. The van der Waals surface area contributed by atoms with E-state index in [4.69, 9.17) is 0 Å². The number of rotatable bonds is 7. The molecule has 2 aromatic rings. The molecule has 0 radical (unpaired) electrons. The van der Waals surface area contributed by atoms with Gasteiger partial charge in [-0.15, -0.1) is 0 Å². The van der Waals surface area contributed by atoms with Crippen LogP contribution in [0.3, 0.4) is 0 Å². The molecule has 0 unspecified atom stereocenters. The molecular weight excluding hydrogens is 296 g/mol. The Morgan fingerprint density at radius 2 is 1.12 bits per heavy atom. The zero-order valence-electron chi connectivity index (χ0n) is 15.0. The first kappa shape index (κ1) is 17.7. The van der Waals surface area contributed by atoms with Crippen LogP contribution in [-0.4, -0.2) is 39.6 Å². The molecule has 126 valence electrons. The van der Waals surface area contributed by atoms with Crippen LogP contribution in [0, 0.1) is 0 Å². The van der Waals surface area contributed by atoms with Crippen molar-refractivity contribution in [2.45, 2.75) is 13.8 Å². The third-order valence-electron chi connectivity index (χ3n) is 3.91. The Morgan fingerprint density at radius 3 is 1.50 bits per heavy atom. The molecule has 0 atom stereocenters. The van der Waals surface area contributed by atoms with Gasteiger partial charge in [0.25, 0.3) is 0 Å². The molecule has 0 aliphatic carbocycles. The zero-order chi connectivity index (χ0) is 17.4. The largest absolute Gasteiger partial charge is 0.378 e. The molecule has 4 heteroatoms. The van der Waals surface area contributed by atoms with Gasteiger partial charge in [0.2, 0.25) is 0 Å². The van der Waals surface area contributed by atoms with Crippen LogP contribution in [0.4, 0.5) is 11.4 Å². The Morgan fingerprint density at radius 1 is 0.708 bits per heavy atom. The average molecular weight is 322 g/mol. The lowest BCUT2D eigenvalue weighted by molar-refractivity contribution is 0.866. The van der Waals surface area contributed by atoms with E-state index in [1.54, 1.807) is 12.4 Å². The van der Waals surface area contributed by atoms with E-state index in [-0.39, 0.29) is 0 Å². The Bertz CT molecular complexity index is 666. The quantitative estimate of drug-likeness (QED) is 0.569. The van der Waals surface area contributed by atoms with E-state index in [2.05, 4.69) is 70.2 Å². The van der Waals surface area contributed by atoms with Crippen LogP contribution < -0.4 is 9.80 Å². The molecule has 4 nitrogen and oxygen atoms in total. The number of nitrogens with zero attached hydrogens (tertiary/aromatic N) is 4. The van der Waals surface area contributed by atoms with Crippen LogP contribution in [0.1, 0.15) is 25.0 Å². The van der Waals surface area contributed by atoms with E-state index in [1.807, 2.05) is 26.2 Å². The third kappa shape index (κ3) is 4.95. The van der Waals surface area contributed by atoms with E-state index in [0.717, 1.165) is 24.2 Å². The molecule has 0 bridgehead atoms. The lowest BCUT2D eigenvalue weighted by atomic mass is 10.2. The van der Waals surface area contributed by atoms with Crippen molar-refractivity contribution in [1.29, 1.82) is 0 Å². The minimum absolute atomic E-state index is 1.01. The number of anilines is 2. The topological polar surface area (TPSA) is 31.2 Å². The second-order valence-corrected chi connectivity index (χ2v) is 5.74. The summed E-state index contributed by atoms with van der Waals surface area (Å²) in [5.74, 6) is 0. The standard InChI is InChI=1S/C20H26N4/c1-5-24(6-2)20-13-9-18(10-14-20)16-22-21-15-17-7-11-19(12-8-17)23(3)4/h7-16H,5-6H2,1-4H3/b21-15+,22-16+. The molecule has 0 N–H and O–H groups in total. The molecule has 0 aromatic heterocycles. The van der Waals surface area contributed by atoms with Gasteiger partial charge in [-0.3, -0.25) is 0 Å². The van der Waals surface area contributed by atoms with Crippen molar-refractivity contribution in [2.75, 3.05) is 37.0 Å². The van der Waals surface area contributed by atoms with Gasteiger partial charge in [0, 0.05) is 38.6 Å². The predicted molar refractivity (Wildman–Crippen MR) is 106 cm³/mol. The summed E-state index contributed by atoms with van der Waals surface area (Å²) < 4.78 is 0. The molecule has 0 saturated carbocycles. The zero-order valence-corrected chi connectivity index (χ0v) is 15.0. The maximum Gasteiger partial charge on any atom is 0.0568 e. The fourth-order valence-corrected chi connectivity index (χ4v) is 2.42. The SMILES string of the molecule is CCN(CC)c1ccc(/C=N/N=C/c2ccc(N(C)C)cc2)cc1. The van der Waals surface area contributed by atoms with Crippen LogP contribution in [0.25, 0.3) is 0 Å². The molecule has 0 heterocycles. The van der Waals surface area contributed by atoms with Crippen LogP contribution in [0.5, 0.6) is 0 Å². The van der Waals surface area contributed by atoms with Gasteiger partial charge in [0.05, 0.1) is 12.4 Å². The molecular formula is C20H26N4. The van der Waals surface area contributed by atoms with Crippen molar-refractivity contribution in [2.24, 2.45) is 10.2 Å². The summed E-state index contributed by atoms with van der Waals surface area (Å²) in [4.78, 5) is 4.39. The van der Waals surface area contributed by atoms with Gasteiger partial charge in [0.1, 0.15) is 0 Å². The first-order chi connectivity index (χ1) is 11.6. The fourth-order valence-electron chi connectivity index (χ4n) is 2.42. The second-order valence-electron chi connectivity index (χ2n) is 5.74. The Hall–Kier alpha value is -2.62. The van der Waals surface area contributed by atoms with Gasteiger partial charge in [-0.2, -0.15) is 10.2 Å². The first-order valence-corrected chi connectivity index (χ1v) is 8.32. The van der Waals surface area contributed by atoms with E-state index < -0.39 is 0 Å². The van der Waals surface area contributed by atoms with Crippen molar-refractivity contribution in [1.82, 2.24) is 0 Å². The Balaban J connectivity index is 1.95. The molecule has 2 rings (SSSR count). The summed E-state index contributed by atoms with van der Waals surface area (Å²) in [5, 5.41) is 8.25. The summed E-state index contributed by atoms with van der Waals surface area (Å²) in [6, 6.07) is 16.6. The van der Waals surface area contributed by atoms with Gasteiger partial charge in [-0.25, -0.2) is 0 Å². The van der Waals surface area contributed by atoms with Crippen molar-refractivity contribution in [3.8, 4) is 0 Å². The summed E-state index contributed by atoms with van der Waals surface area (Å²) >= 11 is 0. The van der Waals surface area contributed by atoms with Crippen molar-refractivity contribution >= 4 is 23.8 Å². The minimum Gasteiger partial charge on any atom is -0.378 e. The summed E-state index contributed by atoms with van der Waals surface area (Å²) in [6.45, 7) is 6.36. The van der Waals surface area contributed by atoms with E-state index >= 15 is 0 Å². The van der Waals surface area contributed by atoms with Crippen LogP contribution >= 0.6 is 0 Å². The van der Waals surface area contributed by atoms with E-state index in [1.165, 1.54) is 11.4 Å². The predicted octanol–water partition coefficient (Wildman–Crippen LogP) is 4.05. The van der Waals surface area contributed by atoms with Crippen molar-refractivity contribution in [3.63, 3.8) is 0 Å². The van der Waals surface area contributed by atoms with Gasteiger partial charge in [-0.05, 0) is 49.2 Å². The molecule has 0 amide bonds. The number of benzene rings is 2. The highest BCUT2D eigenvalue weighted by Gasteiger charge is 2.00. The van der Waals surface area contributed by atoms with Gasteiger partial charge >= 0.3 is 0 Å². The van der Waals surface area contributed by atoms with Crippen LogP contribution in [-0.2, 0) is 0 Å². The maximum absolute atomic E-state index is 4.13. The highest BCUT2D eigenvalue weighted by atomic mass is 15.2. The van der Waals surface area contributed by atoms with Gasteiger partial charge < -0.3 is 9.80 Å². The average Bonchev–Trinajstić information content (AvgIpc) is 2.61. The van der Waals surface area contributed by atoms with E-state index in [0.29, 0.717) is 0 Å². The van der Waals surface area contributed by atoms with E-state index in [9.17, 15) is 0 Å². The van der Waals surface area contributed by atoms with Gasteiger partial charge in [0.15, 0.2) is 0 Å². The normalized spacial score (nSPS) is 11.3. The van der Waals surface area contributed by atoms with Crippen LogP contribution in [0.2, 0.25) is 0 Å². The molecule has 0 saturated heterocycles. The maximum atomic E-state index is 4.13. The highest BCUT2D eigenvalue weighted by molar-refractivity contribution is 5.83. The minimum atomic E-state index is 1.01. The molecule has 0 fully saturated rings. The second kappa shape index (κ2) is 8.87. The summed E-state index contributed by atoms with van der Waals surface area (Å²) in [5.41, 5.74) is 4.49. The molecule has 24 heavy (non-hydrogen) atoms. The molecule has 0 spiro atoms. The van der Waals surface area contributed by atoms with Crippen molar-refractivity contribution < 1.29 is 0 Å². The summed E-state index contributed by atoms with van der Waals surface area (Å²) in [6.07, 6.45) is 3.54. The first-order valence-electron chi connectivity index (χ1n) is 8.32. The fraction of sp³-hybridized carbons (Fsp3) is 0.300. The van der Waals surface area contributed by atoms with Crippen molar-refractivity contribution in [3.05, 3.63) is 59.7 Å². The highest BCUT2D eigenvalue weighted by Crippen LogP contribution is 2.14. The van der Waals surface area contributed by atoms with Gasteiger partial charge in [-0.1, -0.05) is 24.3 Å². The lowest BCUT2D eigenvalue weighted by Crippen LogP contribution is -2.21. The number of hydrogen-bond donors (Lipinski definition) is 0. The van der Waals surface area contributed by atoms with Crippen LogP contribution in [0.15, 0.2) is 58.7 Å². The molecule has 2 aromatic carbocycles. The molecule has 0 aliphatic heterocycles. The smallest absolute Gasteiger partial charge is 0.0568 e. The monoisotopic (exact) mass is 322 g/mol. The Kier molecular flexibility index (Phi) is 6.55. The third-order valence-corrected chi connectivity index (χ3v) is 3.91. The lowest BCUT2D eigenvalue weighted by Gasteiger charge is -2.20. The summed E-state index contributed by atoms with van der Waals surface area (Å²) in [7, 11) is 4.05. The molecule has 0 aliphatic rings. The Labute approximate surface area is 145 Å².